The molecular weight excluding hydrogens is 220 g/mol. The molecule has 0 aromatic carbocycles. The van der Waals surface area contributed by atoms with Crippen molar-refractivity contribution in [2.45, 2.75) is 31.4 Å². The van der Waals surface area contributed by atoms with E-state index in [0.717, 1.165) is 19.6 Å². The highest BCUT2D eigenvalue weighted by Gasteiger charge is 2.30. The van der Waals surface area contributed by atoms with Gasteiger partial charge in [0.05, 0.1) is 11.6 Å². The second-order valence-corrected chi connectivity index (χ2v) is 5.57. The Hall–Kier alpha value is -0.420. The van der Waals surface area contributed by atoms with Gasteiger partial charge in [-0.15, -0.1) is 11.3 Å². The lowest BCUT2D eigenvalue weighted by Gasteiger charge is -2.26. The lowest BCUT2D eigenvalue weighted by Crippen LogP contribution is -2.40. The molecule has 2 unspecified atom stereocenters. The molecule has 90 valence electrons. The van der Waals surface area contributed by atoms with Crippen molar-refractivity contribution in [1.29, 1.82) is 0 Å². The van der Waals surface area contributed by atoms with Crippen LogP contribution in [0, 0.1) is 0 Å². The summed E-state index contributed by atoms with van der Waals surface area (Å²) in [7, 11) is 0. The number of thiophene rings is 1. The van der Waals surface area contributed by atoms with Crippen molar-refractivity contribution < 1.29 is 4.74 Å². The van der Waals surface area contributed by atoms with Gasteiger partial charge in [0.2, 0.25) is 0 Å². The van der Waals surface area contributed by atoms with Crippen LogP contribution >= 0.6 is 11.3 Å². The van der Waals surface area contributed by atoms with E-state index in [0.29, 0.717) is 6.54 Å². The minimum absolute atomic E-state index is 0.00464. The Bertz CT molecular complexity index is 307. The van der Waals surface area contributed by atoms with E-state index in [4.69, 9.17) is 10.5 Å². The molecule has 0 bridgehead atoms. The average molecular weight is 240 g/mol. The van der Waals surface area contributed by atoms with Crippen LogP contribution in [0.2, 0.25) is 0 Å². The molecule has 0 saturated carbocycles. The molecule has 0 amide bonds. The minimum atomic E-state index is 0.00464. The molecule has 1 saturated heterocycles. The monoisotopic (exact) mass is 240 g/mol. The molecule has 0 spiro atoms. The molecule has 0 aliphatic carbocycles. The van der Waals surface area contributed by atoms with Gasteiger partial charge in [-0.25, -0.2) is 0 Å². The van der Waals surface area contributed by atoms with Crippen LogP contribution in [0.4, 0.5) is 0 Å². The predicted molar refractivity (Wildman–Crippen MR) is 67.7 cm³/mol. The summed E-state index contributed by atoms with van der Waals surface area (Å²) in [6.07, 6.45) is 2.31. The zero-order valence-electron chi connectivity index (χ0n) is 9.74. The molecule has 0 radical (unpaired) electrons. The highest BCUT2D eigenvalue weighted by Crippen LogP contribution is 2.25. The molecule has 16 heavy (non-hydrogen) atoms. The van der Waals surface area contributed by atoms with E-state index in [-0.39, 0.29) is 11.6 Å². The standard InChI is InChI=1S/C12H20N2OS/c1-12(5-3-6-15-12)9-14-10(8-13)11-4-2-7-16-11/h2,4,7,10,14H,3,5-6,8-9,13H2,1H3. The predicted octanol–water partition coefficient (Wildman–Crippen LogP) is 1.91. The summed E-state index contributed by atoms with van der Waals surface area (Å²) in [5.41, 5.74) is 5.80. The van der Waals surface area contributed by atoms with Crippen LogP contribution in [0.5, 0.6) is 0 Å². The third-order valence-corrected chi connectivity index (χ3v) is 4.13. The Morgan fingerprint density at radius 2 is 2.56 bits per heavy atom. The zero-order chi connectivity index (χ0) is 11.4. The number of hydrogen-bond donors (Lipinski definition) is 2. The number of ether oxygens (including phenoxy) is 1. The quantitative estimate of drug-likeness (QED) is 0.826. The summed E-state index contributed by atoms with van der Waals surface area (Å²) in [6.45, 7) is 4.59. The van der Waals surface area contributed by atoms with E-state index in [1.165, 1.54) is 11.3 Å². The maximum atomic E-state index is 5.80. The fourth-order valence-corrected chi connectivity index (χ4v) is 2.92. The van der Waals surface area contributed by atoms with Crippen LogP contribution in [0.15, 0.2) is 17.5 Å². The lowest BCUT2D eigenvalue weighted by atomic mass is 10.0. The molecular formula is C12H20N2OS. The Labute approximate surface area is 101 Å². The normalized spacial score (nSPS) is 27.1. The van der Waals surface area contributed by atoms with E-state index in [2.05, 4.69) is 29.8 Å². The van der Waals surface area contributed by atoms with Gasteiger partial charge in [0.1, 0.15) is 0 Å². The first-order valence-electron chi connectivity index (χ1n) is 5.84. The van der Waals surface area contributed by atoms with Crippen molar-refractivity contribution in [3.05, 3.63) is 22.4 Å². The molecule has 4 heteroatoms. The Balaban J connectivity index is 1.88. The van der Waals surface area contributed by atoms with E-state index < -0.39 is 0 Å². The topological polar surface area (TPSA) is 47.3 Å². The zero-order valence-corrected chi connectivity index (χ0v) is 10.6. The van der Waals surface area contributed by atoms with Gasteiger partial charge < -0.3 is 15.8 Å². The number of nitrogens with two attached hydrogens (primary N) is 1. The fraction of sp³-hybridized carbons (Fsp3) is 0.667. The third kappa shape index (κ3) is 2.83. The molecule has 3 N–H and O–H groups in total. The van der Waals surface area contributed by atoms with Crippen molar-refractivity contribution in [1.82, 2.24) is 5.32 Å². The molecule has 2 rings (SSSR count). The van der Waals surface area contributed by atoms with Crippen LogP contribution in [-0.2, 0) is 4.74 Å². The summed E-state index contributed by atoms with van der Waals surface area (Å²) in [5.74, 6) is 0. The van der Waals surface area contributed by atoms with Gasteiger partial charge in [-0.05, 0) is 31.2 Å². The molecule has 3 nitrogen and oxygen atoms in total. The van der Waals surface area contributed by atoms with Gasteiger partial charge in [0.15, 0.2) is 0 Å². The number of nitrogens with one attached hydrogen (secondary N) is 1. The van der Waals surface area contributed by atoms with Gasteiger partial charge >= 0.3 is 0 Å². The first-order chi connectivity index (χ1) is 7.73. The van der Waals surface area contributed by atoms with E-state index in [9.17, 15) is 0 Å². The lowest BCUT2D eigenvalue weighted by molar-refractivity contribution is 0.0190. The Morgan fingerprint density at radius 1 is 1.69 bits per heavy atom. The smallest absolute Gasteiger partial charge is 0.0779 e. The van der Waals surface area contributed by atoms with Crippen molar-refractivity contribution in [2.24, 2.45) is 5.73 Å². The SMILES string of the molecule is CC1(CNC(CN)c2cccs2)CCCO1. The first kappa shape index (κ1) is 12.0. The average Bonchev–Trinajstić information content (AvgIpc) is 2.91. The number of hydrogen-bond acceptors (Lipinski definition) is 4. The summed E-state index contributed by atoms with van der Waals surface area (Å²) < 4.78 is 5.75. The second-order valence-electron chi connectivity index (χ2n) is 4.59. The first-order valence-corrected chi connectivity index (χ1v) is 6.72. The largest absolute Gasteiger partial charge is 0.374 e. The second kappa shape index (κ2) is 5.27. The summed E-state index contributed by atoms with van der Waals surface area (Å²) in [4.78, 5) is 1.31. The molecule has 2 atom stereocenters. The Morgan fingerprint density at radius 3 is 3.12 bits per heavy atom. The van der Waals surface area contributed by atoms with Crippen molar-refractivity contribution in [3.8, 4) is 0 Å². The maximum Gasteiger partial charge on any atom is 0.0779 e. The summed E-state index contributed by atoms with van der Waals surface area (Å²) in [5, 5.41) is 5.61. The highest BCUT2D eigenvalue weighted by atomic mass is 32.1. The van der Waals surface area contributed by atoms with Crippen molar-refractivity contribution in [2.75, 3.05) is 19.7 Å². The molecule has 1 aromatic heterocycles. The van der Waals surface area contributed by atoms with Gasteiger partial charge in [-0.3, -0.25) is 0 Å². The summed E-state index contributed by atoms with van der Waals surface area (Å²) in [6, 6.07) is 4.46. The minimum Gasteiger partial charge on any atom is -0.374 e. The van der Waals surface area contributed by atoms with Gasteiger partial charge in [0, 0.05) is 24.6 Å². The summed E-state index contributed by atoms with van der Waals surface area (Å²) >= 11 is 1.75. The molecule has 1 aliphatic heterocycles. The van der Waals surface area contributed by atoms with E-state index in [1.807, 2.05) is 0 Å². The van der Waals surface area contributed by atoms with Crippen LogP contribution in [-0.4, -0.2) is 25.3 Å². The van der Waals surface area contributed by atoms with Crippen molar-refractivity contribution in [3.63, 3.8) is 0 Å². The van der Waals surface area contributed by atoms with E-state index in [1.54, 1.807) is 11.3 Å². The van der Waals surface area contributed by atoms with Crippen molar-refractivity contribution >= 4 is 11.3 Å². The van der Waals surface area contributed by atoms with Gasteiger partial charge in [0.25, 0.3) is 0 Å². The fourth-order valence-electron chi connectivity index (χ4n) is 2.10. The highest BCUT2D eigenvalue weighted by molar-refractivity contribution is 7.10. The van der Waals surface area contributed by atoms with Crippen LogP contribution in [0.3, 0.4) is 0 Å². The van der Waals surface area contributed by atoms with Crippen LogP contribution < -0.4 is 11.1 Å². The van der Waals surface area contributed by atoms with Crippen LogP contribution in [0.1, 0.15) is 30.7 Å². The van der Waals surface area contributed by atoms with Gasteiger partial charge in [-0.1, -0.05) is 6.07 Å². The van der Waals surface area contributed by atoms with Gasteiger partial charge in [-0.2, -0.15) is 0 Å². The maximum absolute atomic E-state index is 5.80. The molecule has 1 aliphatic rings. The molecule has 2 heterocycles. The number of rotatable bonds is 5. The third-order valence-electron chi connectivity index (χ3n) is 3.15. The molecule has 1 fully saturated rings. The van der Waals surface area contributed by atoms with Crippen LogP contribution in [0.25, 0.3) is 0 Å². The van der Waals surface area contributed by atoms with E-state index >= 15 is 0 Å². The molecule has 1 aromatic rings. The Kier molecular flexibility index (Phi) is 3.97.